The topological polar surface area (TPSA) is 35.5 Å². The van der Waals surface area contributed by atoms with Gasteiger partial charge in [0.05, 0.1) is 7.11 Å². The molecule has 0 aromatic heterocycles. The van der Waals surface area contributed by atoms with Gasteiger partial charge < -0.3 is 9.47 Å². The van der Waals surface area contributed by atoms with E-state index in [-0.39, 0.29) is 16.9 Å². The molecule has 2 aromatic rings. The van der Waals surface area contributed by atoms with Gasteiger partial charge in [0.15, 0.2) is 0 Å². The van der Waals surface area contributed by atoms with Crippen LogP contribution in [0.25, 0.3) is 0 Å². The Kier molecular flexibility index (Phi) is 4.87. The molecule has 6 heteroatoms. The largest absolute Gasteiger partial charge is 0.497 e. The van der Waals surface area contributed by atoms with Crippen molar-refractivity contribution in [3.05, 3.63) is 59.7 Å². The molecule has 0 aliphatic rings. The van der Waals surface area contributed by atoms with Crippen molar-refractivity contribution in [2.24, 2.45) is 0 Å². The van der Waals surface area contributed by atoms with Gasteiger partial charge in [-0.2, -0.15) is 13.2 Å². The van der Waals surface area contributed by atoms with Gasteiger partial charge in [-0.3, -0.25) is 4.79 Å². The van der Waals surface area contributed by atoms with Crippen LogP contribution in [0.15, 0.2) is 48.5 Å². The molecule has 2 rings (SSSR count). The number of rotatable bonds is 4. The summed E-state index contributed by atoms with van der Waals surface area (Å²) < 4.78 is 51.4. The molecule has 24 heavy (non-hydrogen) atoms. The van der Waals surface area contributed by atoms with Gasteiger partial charge in [0.25, 0.3) is 0 Å². The molecule has 0 spiro atoms. The quantitative estimate of drug-likeness (QED) is 0.609. The summed E-state index contributed by atoms with van der Waals surface area (Å²) in [5.41, 5.74) is -2.05. The van der Waals surface area contributed by atoms with Crippen LogP contribution in [-0.4, -0.2) is 19.3 Å². The van der Waals surface area contributed by atoms with Crippen LogP contribution in [-0.2, 0) is 10.2 Å². The van der Waals surface area contributed by atoms with Gasteiger partial charge in [-0.25, -0.2) is 0 Å². The highest BCUT2D eigenvalue weighted by Gasteiger charge is 2.53. The van der Waals surface area contributed by atoms with Gasteiger partial charge in [-0.1, -0.05) is 24.3 Å². The number of esters is 1. The van der Waals surface area contributed by atoms with E-state index in [1.165, 1.54) is 62.6 Å². The lowest BCUT2D eigenvalue weighted by Crippen LogP contribution is -2.40. The summed E-state index contributed by atoms with van der Waals surface area (Å²) in [5.74, 6) is 0.149. The molecule has 0 aliphatic heterocycles. The Bertz CT molecular complexity index is 706. The summed E-state index contributed by atoms with van der Waals surface area (Å²) in [5, 5.41) is 0. The smallest absolute Gasteiger partial charge is 0.402 e. The maximum Gasteiger partial charge on any atom is 0.402 e. The molecule has 3 nitrogen and oxygen atoms in total. The molecular formula is C18H17F3O3. The standard InChI is InChI=1S/C18H17F3O3/c1-12(22)24-16-10-6-14(7-11-16)17(2,18(19,20)21)13-4-8-15(23-3)9-5-13/h4-11H,1-3H3. The molecule has 0 saturated carbocycles. The molecule has 0 fully saturated rings. The van der Waals surface area contributed by atoms with E-state index in [1.54, 1.807) is 0 Å². The summed E-state index contributed by atoms with van der Waals surface area (Å²) >= 11 is 0. The summed E-state index contributed by atoms with van der Waals surface area (Å²) in [4.78, 5) is 10.9. The predicted molar refractivity (Wildman–Crippen MR) is 83.3 cm³/mol. The highest BCUT2D eigenvalue weighted by molar-refractivity contribution is 5.69. The first kappa shape index (κ1) is 17.8. The van der Waals surface area contributed by atoms with Crippen LogP contribution in [0.3, 0.4) is 0 Å². The first-order valence-electron chi connectivity index (χ1n) is 7.18. The van der Waals surface area contributed by atoms with E-state index in [1.807, 2.05) is 0 Å². The monoisotopic (exact) mass is 338 g/mol. The molecule has 0 aliphatic carbocycles. The SMILES string of the molecule is COc1ccc(C(C)(c2ccc(OC(C)=O)cc2)C(F)(F)F)cc1. The number of halogens is 3. The van der Waals surface area contributed by atoms with Gasteiger partial charge in [0.1, 0.15) is 16.9 Å². The molecule has 128 valence electrons. The number of ether oxygens (including phenoxy) is 2. The average Bonchev–Trinajstić information content (AvgIpc) is 2.53. The third-order valence-corrected chi connectivity index (χ3v) is 3.93. The Labute approximate surface area is 138 Å². The van der Waals surface area contributed by atoms with Crippen molar-refractivity contribution in [3.63, 3.8) is 0 Å². The minimum atomic E-state index is -4.51. The molecule has 0 saturated heterocycles. The number of alkyl halides is 3. The Balaban J connectivity index is 2.49. The normalized spacial score (nSPS) is 13.9. The Morgan fingerprint density at radius 2 is 1.29 bits per heavy atom. The van der Waals surface area contributed by atoms with Gasteiger partial charge in [0, 0.05) is 6.92 Å². The van der Waals surface area contributed by atoms with Crippen molar-refractivity contribution in [2.45, 2.75) is 25.4 Å². The first-order chi connectivity index (χ1) is 11.2. The molecule has 1 unspecified atom stereocenters. The van der Waals surface area contributed by atoms with Crippen molar-refractivity contribution in [2.75, 3.05) is 7.11 Å². The van der Waals surface area contributed by atoms with Gasteiger partial charge in [-0.15, -0.1) is 0 Å². The predicted octanol–water partition coefficient (Wildman–Crippen LogP) is 4.49. The number of benzene rings is 2. The molecule has 0 heterocycles. The summed E-state index contributed by atoms with van der Waals surface area (Å²) in [6.07, 6.45) is -4.51. The third kappa shape index (κ3) is 3.37. The minimum absolute atomic E-state index is 0.0519. The molecule has 2 aromatic carbocycles. The van der Waals surface area contributed by atoms with E-state index in [9.17, 15) is 18.0 Å². The number of methoxy groups -OCH3 is 1. The van der Waals surface area contributed by atoms with Crippen LogP contribution in [0.2, 0.25) is 0 Å². The summed E-state index contributed by atoms with van der Waals surface area (Å²) in [6.45, 7) is 2.35. The first-order valence-corrected chi connectivity index (χ1v) is 7.18. The highest BCUT2D eigenvalue weighted by Crippen LogP contribution is 2.46. The maximum atomic E-state index is 13.9. The fraction of sp³-hybridized carbons (Fsp3) is 0.278. The van der Waals surface area contributed by atoms with Crippen LogP contribution in [0, 0.1) is 0 Å². The summed E-state index contributed by atoms with van der Waals surface area (Å²) in [7, 11) is 1.45. The van der Waals surface area contributed by atoms with E-state index >= 15 is 0 Å². The molecule has 0 bridgehead atoms. The lowest BCUT2D eigenvalue weighted by molar-refractivity contribution is -0.173. The van der Waals surface area contributed by atoms with Crippen molar-refractivity contribution in [1.29, 1.82) is 0 Å². The maximum absolute atomic E-state index is 13.9. The number of carbonyl (C=O) groups is 1. The second-order valence-corrected chi connectivity index (χ2v) is 5.47. The van der Waals surface area contributed by atoms with Crippen LogP contribution in [0.4, 0.5) is 13.2 Å². The van der Waals surface area contributed by atoms with E-state index in [0.29, 0.717) is 5.75 Å². The zero-order valence-corrected chi connectivity index (χ0v) is 13.5. The Hall–Kier alpha value is -2.50. The second kappa shape index (κ2) is 6.55. The van der Waals surface area contributed by atoms with E-state index in [2.05, 4.69) is 0 Å². The molecule has 0 radical (unpaired) electrons. The molecule has 0 amide bonds. The van der Waals surface area contributed by atoms with Crippen molar-refractivity contribution < 1.29 is 27.4 Å². The lowest BCUT2D eigenvalue weighted by Gasteiger charge is -2.33. The average molecular weight is 338 g/mol. The minimum Gasteiger partial charge on any atom is -0.497 e. The Morgan fingerprint density at radius 3 is 1.62 bits per heavy atom. The molecular weight excluding hydrogens is 321 g/mol. The van der Waals surface area contributed by atoms with Crippen LogP contribution in [0.1, 0.15) is 25.0 Å². The van der Waals surface area contributed by atoms with E-state index in [0.717, 1.165) is 6.92 Å². The fourth-order valence-corrected chi connectivity index (χ4v) is 2.44. The zero-order chi connectivity index (χ0) is 18.0. The van der Waals surface area contributed by atoms with Gasteiger partial charge in [0.2, 0.25) is 0 Å². The molecule has 1 atom stereocenters. The van der Waals surface area contributed by atoms with Crippen LogP contribution in [0.5, 0.6) is 11.5 Å². The van der Waals surface area contributed by atoms with Gasteiger partial charge in [-0.05, 0) is 42.3 Å². The number of hydrogen-bond donors (Lipinski definition) is 0. The van der Waals surface area contributed by atoms with Crippen molar-refractivity contribution >= 4 is 5.97 Å². The fourth-order valence-electron chi connectivity index (χ4n) is 2.44. The lowest BCUT2D eigenvalue weighted by atomic mass is 9.75. The third-order valence-electron chi connectivity index (χ3n) is 3.93. The van der Waals surface area contributed by atoms with E-state index in [4.69, 9.17) is 9.47 Å². The number of carbonyl (C=O) groups excluding carboxylic acids is 1. The Morgan fingerprint density at radius 1 is 0.875 bits per heavy atom. The highest BCUT2D eigenvalue weighted by atomic mass is 19.4. The van der Waals surface area contributed by atoms with Crippen LogP contribution < -0.4 is 9.47 Å². The van der Waals surface area contributed by atoms with Crippen molar-refractivity contribution in [1.82, 2.24) is 0 Å². The zero-order valence-electron chi connectivity index (χ0n) is 13.5. The summed E-state index contributed by atoms with van der Waals surface area (Å²) in [6, 6.07) is 11.1. The van der Waals surface area contributed by atoms with Gasteiger partial charge >= 0.3 is 12.1 Å². The van der Waals surface area contributed by atoms with Crippen LogP contribution >= 0.6 is 0 Å². The molecule has 0 N–H and O–H groups in total. The van der Waals surface area contributed by atoms with E-state index < -0.39 is 17.6 Å². The van der Waals surface area contributed by atoms with Crippen molar-refractivity contribution in [3.8, 4) is 11.5 Å². The second-order valence-electron chi connectivity index (χ2n) is 5.47. The number of hydrogen-bond acceptors (Lipinski definition) is 3.